The zero-order chi connectivity index (χ0) is 30.6. The molecule has 1 unspecified atom stereocenters. The third-order valence-electron chi connectivity index (χ3n) is 7.06. The molecule has 3 aromatic rings. The van der Waals surface area contributed by atoms with Crippen molar-refractivity contribution in [1.29, 1.82) is 0 Å². The average molecular weight is 594 g/mol. The van der Waals surface area contributed by atoms with Crippen molar-refractivity contribution in [3.63, 3.8) is 0 Å². The Kier molecular flexibility index (Phi) is 9.27. The lowest BCUT2D eigenvalue weighted by atomic mass is 10.0. The monoisotopic (exact) mass is 593 g/mol. The first kappa shape index (κ1) is 30.7. The number of aromatic nitrogens is 2. The van der Waals surface area contributed by atoms with Gasteiger partial charge in [-0.2, -0.15) is 4.58 Å². The second-order valence-corrected chi connectivity index (χ2v) is 12.4. The summed E-state index contributed by atoms with van der Waals surface area (Å²) < 4.78 is 39.8. The van der Waals surface area contributed by atoms with Crippen LogP contribution in [0.2, 0.25) is 0 Å². The molecule has 1 aliphatic heterocycles. The molecule has 0 radical (unpaired) electrons. The molecule has 4 rings (SSSR count). The fourth-order valence-corrected chi connectivity index (χ4v) is 5.22. The summed E-state index contributed by atoms with van der Waals surface area (Å²) >= 11 is 0. The Balaban J connectivity index is 1.53. The Morgan fingerprint density at radius 2 is 1.88 bits per heavy atom. The molecule has 12 heteroatoms. The van der Waals surface area contributed by atoms with Gasteiger partial charge in [-0.15, -0.1) is 0 Å². The highest BCUT2D eigenvalue weighted by Crippen LogP contribution is 2.25. The second-order valence-electron chi connectivity index (χ2n) is 10.3. The minimum Gasteiger partial charge on any atom is -0.376 e. The minimum atomic E-state index is -3.42. The number of anilines is 2. The van der Waals surface area contributed by atoms with Gasteiger partial charge < -0.3 is 10.6 Å². The molecule has 1 aromatic carbocycles. The number of halogens is 1. The van der Waals surface area contributed by atoms with E-state index in [9.17, 15) is 22.4 Å². The van der Waals surface area contributed by atoms with Gasteiger partial charge in [0, 0.05) is 25.1 Å². The van der Waals surface area contributed by atoms with E-state index in [2.05, 4.69) is 32.1 Å². The molecule has 3 heterocycles. The van der Waals surface area contributed by atoms with E-state index in [0.29, 0.717) is 48.6 Å². The zero-order valence-electron chi connectivity index (χ0n) is 24.0. The topological polar surface area (TPSA) is 124 Å². The molecule has 220 valence electrons. The summed E-state index contributed by atoms with van der Waals surface area (Å²) in [7, 11) is -3.42. The van der Waals surface area contributed by atoms with Crippen molar-refractivity contribution in [2.24, 2.45) is 0 Å². The number of rotatable bonds is 9. The van der Waals surface area contributed by atoms with Gasteiger partial charge >= 0.3 is 5.91 Å². The highest BCUT2D eigenvalue weighted by atomic mass is 32.2. The number of carbonyl (C=O) groups excluding carboxylic acids is 2. The lowest BCUT2D eigenvalue weighted by molar-refractivity contribution is -0.446. The van der Waals surface area contributed by atoms with E-state index in [0.717, 1.165) is 11.8 Å². The maximum Gasteiger partial charge on any atom is 0.411 e. The molecule has 10 nitrogen and oxygen atoms in total. The third-order valence-corrected chi connectivity index (χ3v) is 8.14. The number of sulfone groups is 1. The summed E-state index contributed by atoms with van der Waals surface area (Å²) in [5, 5.41) is 6.14. The first-order valence-electron chi connectivity index (χ1n) is 13.3. The predicted molar refractivity (Wildman–Crippen MR) is 159 cm³/mol. The van der Waals surface area contributed by atoms with Crippen molar-refractivity contribution in [2.45, 2.75) is 31.7 Å². The van der Waals surface area contributed by atoms with Crippen LogP contribution in [0, 0.1) is 26.6 Å². The summed E-state index contributed by atoms with van der Waals surface area (Å²) in [5.41, 5.74) is 3.23. The Labute approximate surface area is 244 Å². The van der Waals surface area contributed by atoms with E-state index in [4.69, 9.17) is 0 Å². The van der Waals surface area contributed by atoms with E-state index < -0.39 is 15.7 Å². The van der Waals surface area contributed by atoms with Crippen molar-refractivity contribution in [3.8, 4) is 0 Å². The molecule has 0 spiro atoms. The van der Waals surface area contributed by atoms with E-state index in [-0.39, 0.29) is 34.2 Å². The lowest BCUT2D eigenvalue weighted by Crippen LogP contribution is -2.43. The molecule has 0 bridgehead atoms. The molecule has 42 heavy (non-hydrogen) atoms. The number of amides is 2. The van der Waals surface area contributed by atoms with E-state index in [1.54, 1.807) is 43.7 Å². The molecule has 1 aliphatic rings. The summed E-state index contributed by atoms with van der Waals surface area (Å²) in [6.07, 6.45) is 6.95. The van der Waals surface area contributed by atoms with Gasteiger partial charge in [0.1, 0.15) is 17.3 Å². The van der Waals surface area contributed by atoms with Gasteiger partial charge in [0.15, 0.2) is 22.6 Å². The number of pyridine rings is 2. The molecule has 0 saturated carbocycles. The molecular formula is C30H34FN6O4S+. The molecule has 0 aliphatic carbocycles. The van der Waals surface area contributed by atoms with Gasteiger partial charge in [0.05, 0.1) is 35.9 Å². The summed E-state index contributed by atoms with van der Waals surface area (Å²) in [6, 6.07) is 8.07. The SMILES string of the molecule is C=CC(=O)[N+]1=CCN(CC(Nc2cnc(C(=O)Nc3ncc(S(C)(=O)=O)cc3C)c(C)c2)c2ccc(C)c(F)c2)CC1. The maximum atomic E-state index is 14.5. The Morgan fingerprint density at radius 1 is 1.12 bits per heavy atom. The summed E-state index contributed by atoms with van der Waals surface area (Å²) in [5.74, 6) is -0.695. The van der Waals surface area contributed by atoms with Gasteiger partial charge in [-0.05, 0) is 61.2 Å². The number of hydrogen-bond donors (Lipinski definition) is 2. The second kappa shape index (κ2) is 12.7. The normalized spacial score (nSPS) is 14.5. The summed E-state index contributed by atoms with van der Waals surface area (Å²) in [6.45, 7) is 10.9. The molecule has 1 atom stereocenters. The predicted octanol–water partition coefficient (Wildman–Crippen LogP) is 3.46. The number of aryl methyl sites for hydroxylation is 3. The highest BCUT2D eigenvalue weighted by molar-refractivity contribution is 7.90. The highest BCUT2D eigenvalue weighted by Gasteiger charge is 2.25. The van der Waals surface area contributed by atoms with Crippen molar-refractivity contribution in [1.82, 2.24) is 14.9 Å². The van der Waals surface area contributed by atoms with Crippen LogP contribution >= 0.6 is 0 Å². The molecule has 0 saturated heterocycles. The number of nitrogens with zero attached hydrogens (tertiary/aromatic N) is 4. The van der Waals surface area contributed by atoms with E-state index in [1.165, 1.54) is 24.4 Å². The largest absolute Gasteiger partial charge is 0.411 e. The fourth-order valence-electron chi connectivity index (χ4n) is 4.59. The summed E-state index contributed by atoms with van der Waals surface area (Å²) in [4.78, 5) is 35.7. The molecule has 2 N–H and O–H groups in total. The Morgan fingerprint density at radius 3 is 2.48 bits per heavy atom. The third kappa shape index (κ3) is 7.31. The minimum absolute atomic E-state index is 0.0655. The zero-order valence-corrected chi connectivity index (χ0v) is 24.8. The van der Waals surface area contributed by atoms with Gasteiger partial charge in [-0.1, -0.05) is 18.7 Å². The van der Waals surface area contributed by atoms with Gasteiger partial charge in [-0.3, -0.25) is 9.69 Å². The van der Waals surface area contributed by atoms with Crippen LogP contribution in [-0.4, -0.2) is 78.3 Å². The van der Waals surface area contributed by atoms with Crippen molar-refractivity contribution in [3.05, 3.63) is 89.1 Å². The van der Waals surface area contributed by atoms with Crippen molar-refractivity contribution >= 4 is 39.4 Å². The Bertz CT molecular complexity index is 1690. The smallest absolute Gasteiger partial charge is 0.376 e. The average Bonchev–Trinajstić information content (AvgIpc) is 2.94. The van der Waals surface area contributed by atoms with Crippen LogP contribution in [0.4, 0.5) is 15.9 Å². The van der Waals surface area contributed by atoms with Crippen molar-refractivity contribution < 1.29 is 27.0 Å². The van der Waals surface area contributed by atoms with Crippen LogP contribution in [0.25, 0.3) is 0 Å². The molecule has 2 amide bonds. The van der Waals surface area contributed by atoms with E-state index >= 15 is 0 Å². The van der Waals surface area contributed by atoms with Crippen LogP contribution in [0.3, 0.4) is 0 Å². The maximum absolute atomic E-state index is 14.5. The molecular weight excluding hydrogens is 559 g/mol. The lowest BCUT2D eigenvalue weighted by Gasteiger charge is -2.29. The van der Waals surface area contributed by atoms with Crippen LogP contribution in [0.15, 0.2) is 60.3 Å². The number of hydrogen-bond acceptors (Lipinski definition) is 8. The first-order chi connectivity index (χ1) is 19.8. The van der Waals surface area contributed by atoms with Crippen LogP contribution in [0.1, 0.15) is 38.8 Å². The van der Waals surface area contributed by atoms with Gasteiger partial charge in [-0.25, -0.2) is 27.6 Å². The quantitative estimate of drug-likeness (QED) is 0.286. The van der Waals surface area contributed by atoms with Crippen LogP contribution < -0.4 is 10.6 Å². The number of carbonyl (C=O) groups is 2. The number of benzene rings is 1. The standard InChI is InChI=1S/C30H33FN6O4S/c1-6-27(38)37-11-9-36(10-12-37)18-26(22-8-7-19(2)25(31)15-22)34-23-13-20(3)28(32-16-23)30(39)35-29-21(4)14-24(17-33-29)42(5,40)41/h6-8,11,13-17,26H,1,9-10,12,18H2,2-5H3,(H-,33,34,35,39)/p+1. The molecule has 0 fully saturated rings. The van der Waals surface area contributed by atoms with Crippen molar-refractivity contribution in [2.75, 3.05) is 43.1 Å². The first-order valence-corrected chi connectivity index (χ1v) is 15.2. The van der Waals surface area contributed by atoms with Gasteiger partial charge in [0.25, 0.3) is 5.91 Å². The van der Waals surface area contributed by atoms with Gasteiger partial charge in [0.2, 0.25) is 0 Å². The number of nitrogens with one attached hydrogen (secondary N) is 2. The molecule has 2 aromatic heterocycles. The van der Waals surface area contributed by atoms with Crippen LogP contribution in [-0.2, 0) is 14.6 Å². The van der Waals surface area contributed by atoms with Crippen LogP contribution in [0.5, 0.6) is 0 Å². The fraction of sp³-hybridized carbons (Fsp3) is 0.300. The van der Waals surface area contributed by atoms with E-state index in [1.807, 2.05) is 12.3 Å². The Hall–Kier alpha value is -4.29.